The number of hydrogen-bond donors (Lipinski definition) is 3. The molecule has 1 amide bonds. The van der Waals surface area contributed by atoms with Gasteiger partial charge in [-0.15, -0.1) is 0 Å². The first-order chi connectivity index (χ1) is 7.47. The first kappa shape index (κ1) is 14.8. The molecule has 0 aromatic rings. The molecule has 0 aromatic heterocycles. The van der Waals surface area contributed by atoms with Crippen LogP contribution in [0.4, 0.5) is 0 Å². The molecule has 7 heteroatoms. The third kappa shape index (κ3) is 7.10. The average molecular weight is 249 g/mol. The summed E-state index contributed by atoms with van der Waals surface area (Å²) >= 11 is 1.19. The van der Waals surface area contributed by atoms with E-state index < -0.39 is 18.0 Å². The molecule has 0 radical (unpaired) electrons. The van der Waals surface area contributed by atoms with Crippen molar-refractivity contribution in [2.24, 2.45) is 0 Å². The van der Waals surface area contributed by atoms with Gasteiger partial charge in [0.2, 0.25) is 5.91 Å². The Balaban J connectivity index is 3.90. The minimum atomic E-state index is -1.11. The Morgan fingerprint density at radius 2 is 1.94 bits per heavy atom. The maximum Gasteiger partial charge on any atom is 0.327 e. The zero-order valence-corrected chi connectivity index (χ0v) is 9.75. The summed E-state index contributed by atoms with van der Waals surface area (Å²) < 4.78 is 0. The molecule has 16 heavy (non-hydrogen) atoms. The van der Waals surface area contributed by atoms with E-state index in [0.29, 0.717) is 5.75 Å². The second kappa shape index (κ2) is 7.98. The van der Waals surface area contributed by atoms with E-state index in [1.165, 1.54) is 11.8 Å². The average Bonchev–Trinajstić information content (AvgIpc) is 2.21. The van der Waals surface area contributed by atoms with E-state index >= 15 is 0 Å². The molecule has 0 fully saturated rings. The number of nitrogens with one attached hydrogen (secondary N) is 1. The van der Waals surface area contributed by atoms with Crippen LogP contribution in [0.25, 0.3) is 0 Å². The lowest BCUT2D eigenvalue weighted by molar-refractivity contribution is -0.141. The number of carbonyl (C=O) groups is 3. The predicted molar refractivity (Wildman–Crippen MR) is 59.4 cm³/mol. The number of hydrogen-bond acceptors (Lipinski definition) is 4. The Labute approximate surface area is 97.4 Å². The normalized spacial score (nSPS) is 11.8. The van der Waals surface area contributed by atoms with Gasteiger partial charge in [0.15, 0.2) is 0 Å². The van der Waals surface area contributed by atoms with Gasteiger partial charge < -0.3 is 15.5 Å². The second-order valence-electron chi connectivity index (χ2n) is 3.03. The summed E-state index contributed by atoms with van der Waals surface area (Å²) in [5.41, 5.74) is 0. The predicted octanol–water partition coefficient (Wildman–Crippen LogP) is 0.174. The highest BCUT2D eigenvalue weighted by atomic mass is 32.2. The highest BCUT2D eigenvalue weighted by Crippen LogP contribution is 2.05. The largest absolute Gasteiger partial charge is 0.481 e. The smallest absolute Gasteiger partial charge is 0.327 e. The summed E-state index contributed by atoms with van der Waals surface area (Å²) in [6.07, 6.45) is 0.211. The van der Waals surface area contributed by atoms with Crippen LogP contribution < -0.4 is 5.32 Å². The zero-order valence-electron chi connectivity index (χ0n) is 8.93. The first-order valence-electron chi connectivity index (χ1n) is 4.79. The molecule has 0 rings (SSSR count). The van der Waals surface area contributed by atoms with Gasteiger partial charge in [0.1, 0.15) is 6.04 Å². The van der Waals surface area contributed by atoms with Crippen molar-refractivity contribution >= 4 is 29.6 Å². The van der Waals surface area contributed by atoms with E-state index in [9.17, 15) is 14.4 Å². The lowest BCUT2D eigenvalue weighted by Gasteiger charge is -2.13. The Hall–Kier alpha value is -1.24. The summed E-state index contributed by atoms with van der Waals surface area (Å²) in [5, 5.41) is 19.5. The van der Waals surface area contributed by atoms with Crippen molar-refractivity contribution in [3.8, 4) is 0 Å². The fourth-order valence-corrected chi connectivity index (χ4v) is 1.78. The van der Waals surface area contributed by atoms with Crippen molar-refractivity contribution < 1.29 is 24.6 Å². The van der Waals surface area contributed by atoms with Gasteiger partial charge in [0, 0.05) is 17.9 Å². The second-order valence-corrected chi connectivity index (χ2v) is 4.18. The SMILES string of the molecule is CCC(=O)NC(CSCCC(=O)O)C(=O)O. The molecule has 92 valence electrons. The van der Waals surface area contributed by atoms with E-state index in [2.05, 4.69) is 5.32 Å². The van der Waals surface area contributed by atoms with Crippen molar-refractivity contribution in [2.45, 2.75) is 25.8 Å². The van der Waals surface area contributed by atoms with Crippen molar-refractivity contribution in [1.82, 2.24) is 5.32 Å². The van der Waals surface area contributed by atoms with Crippen molar-refractivity contribution in [3.05, 3.63) is 0 Å². The first-order valence-corrected chi connectivity index (χ1v) is 5.94. The Bertz CT molecular complexity index is 269. The molecule has 1 atom stereocenters. The monoisotopic (exact) mass is 249 g/mol. The van der Waals surface area contributed by atoms with Crippen LogP contribution >= 0.6 is 11.8 Å². The summed E-state index contributed by atoms with van der Waals surface area (Å²) in [6.45, 7) is 1.63. The third-order valence-electron chi connectivity index (χ3n) is 1.70. The molecule has 1 unspecified atom stereocenters. The number of carbonyl (C=O) groups excluding carboxylic acids is 1. The number of carboxylic acids is 2. The number of aliphatic carboxylic acids is 2. The zero-order chi connectivity index (χ0) is 12.6. The van der Waals surface area contributed by atoms with Gasteiger partial charge in [-0.1, -0.05) is 6.92 Å². The minimum absolute atomic E-state index is 0.0151. The third-order valence-corrected chi connectivity index (χ3v) is 2.76. The van der Waals surface area contributed by atoms with Crippen LogP contribution in [-0.4, -0.2) is 45.6 Å². The number of amides is 1. The van der Waals surface area contributed by atoms with Gasteiger partial charge >= 0.3 is 11.9 Å². The fraction of sp³-hybridized carbons (Fsp3) is 0.667. The van der Waals surface area contributed by atoms with Crippen LogP contribution in [0.15, 0.2) is 0 Å². The van der Waals surface area contributed by atoms with Gasteiger partial charge in [0.25, 0.3) is 0 Å². The molecule has 3 N–H and O–H groups in total. The van der Waals surface area contributed by atoms with E-state index in [-0.39, 0.29) is 24.5 Å². The van der Waals surface area contributed by atoms with E-state index in [0.717, 1.165) is 0 Å². The number of carboxylic acid groups (broad SMARTS) is 2. The maximum absolute atomic E-state index is 11.0. The van der Waals surface area contributed by atoms with Crippen LogP contribution in [0, 0.1) is 0 Å². The molecule has 6 nitrogen and oxygen atoms in total. The van der Waals surface area contributed by atoms with E-state index in [1.54, 1.807) is 6.92 Å². The molecule has 0 saturated carbocycles. The van der Waals surface area contributed by atoms with Crippen molar-refractivity contribution in [1.29, 1.82) is 0 Å². The Morgan fingerprint density at radius 3 is 2.38 bits per heavy atom. The molecule has 0 aliphatic rings. The number of thioether (sulfide) groups is 1. The minimum Gasteiger partial charge on any atom is -0.481 e. The van der Waals surface area contributed by atoms with Crippen LogP contribution in [0.5, 0.6) is 0 Å². The fourth-order valence-electron chi connectivity index (χ4n) is 0.832. The van der Waals surface area contributed by atoms with Gasteiger partial charge in [-0.3, -0.25) is 9.59 Å². The molecule has 0 aromatic carbocycles. The van der Waals surface area contributed by atoms with Gasteiger partial charge in [-0.25, -0.2) is 4.79 Å². The van der Waals surface area contributed by atoms with Crippen LogP contribution in [0.3, 0.4) is 0 Å². The summed E-state index contributed by atoms with van der Waals surface area (Å²) in [6, 6.07) is -0.953. The highest BCUT2D eigenvalue weighted by molar-refractivity contribution is 7.99. The number of rotatable bonds is 8. The van der Waals surface area contributed by atoms with Crippen LogP contribution in [0.2, 0.25) is 0 Å². The maximum atomic E-state index is 11.0. The molecule has 0 saturated heterocycles. The lowest BCUT2D eigenvalue weighted by Crippen LogP contribution is -2.42. The molecule has 0 bridgehead atoms. The Kier molecular flexibility index (Phi) is 7.36. The van der Waals surface area contributed by atoms with Crippen molar-refractivity contribution in [3.63, 3.8) is 0 Å². The molecule has 0 spiro atoms. The van der Waals surface area contributed by atoms with Gasteiger partial charge in [0.05, 0.1) is 6.42 Å². The summed E-state index contributed by atoms with van der Waals surface area (Å²) in [5.74, 6) is -1.84. The summed E-state index contributed by atoms with van der Waals surface area (Å²) in [4.78, 5) is 31.9. The van der Waals surface area contributed by atoms with Gasteiger partial charge in [-0.2, -0.15) is 11.8 Å². The van der Waals surface area contributed by atoms with Gasteiger partial charge in [-0.05, 0) is 0 Å². The standard InChI is InChI=1S/C9H15NO5S/c1-2-7(11)10-6(9(14)15)5-16-4-3-8(12)13/h6H,2-5H2,1H3,(H,10,11)(H,12,13)(H,14,15). The topological polar surface area (TPSA) is 104 Å². The molecular formula is C9H15NO5S. The molecule has 0 aliphatic heterocycles. The molecule has 0 aliphatic carbocycles. The van der Waals surface area contributed by atoms with E-state index in [1.807, 2.05) is 0 Å². The lowest BCUT2D eigenvalue weighted by atomic mass is 10.3. The molecular weight excluding hydrogens is 234 g/mol. The van der Waals surface area contributed by atoms with Crippen LogP contribution in [-0.2, 0) is 14.4 Å². The summed E-state index contributed by atoms with van der Waals surface area (Å²) in [7, 11) is 0. The van der Waals surface area contributed by atoms with E-state index in [4.69, 9.17) is 10.2 Å². The quantitative estimate of drug-likeness (QED) is 0.530. The van der Waals surface area contributed by atoms with Crippen LogP contribution in [0.1, 0.15) is 19.8 Å². The Morgan fingerprint density at radius 1 is 1.31 bits per heavy atom. The molecule has 0 heterocycles. The van der Waals surface area contributed by atoms with Crippen molar-refractivity contribution in [2.75, 3.05) is 11.5 Å². The highest BCUT2D eigenvalue weighted by Gasteiger charge is 2.18.